The first-order valence-electron chi connectivity index (χ1n) is 6.68. The van der Waals surface area contributed by atoms with Crippen LogP contribution in [0.15, 0.2) is 18.2 Å². The average Bonchev–Trinajstić information content (AvgIpc) is 2.37. The smallest absolute Gasteiger partial charge is 0.126 e. The van der Waals surface area contributed by atoms with Crippen LogP contribution in [0.4, 0.5) is 4.39 Å². The molecule has 1 aromatic carbocycles. The van der Waals surface area contributed by atoms with Crippen LogP contribution >= 0.6 is 11.6 Å². The van der Waals surface area contributed by atoms with E-state index in [1.807, 2.05) is 0 Å². The van der Waals surface area contributed by atoms with E-state index in [1.54, 1.807) is 19.2 Å². The van der Waals surface area contributed by atoms with Gasteiger partial charge in [-0.2, -0.15) is 0 Å². The number of halogens is 2. The van der Waals surface area contributed by atoms with Crippen molar-refractivity contribution in [2.75, 3.05) is 26.8 Å². The maximum Gasteiger partial charge on any atom is 0.126 e. The van der Waals surface area contributed by atoms with Crippen LogP contribution in [0.1, 0.15) is 19.4 Å². The zero-order valence-electron chi connectivity index (χ0n) is 11.9. The van der Waals surface area contributed by atoms with Gasteiger partial charge in [-0.1, -0.05) is 25.4 Å². The lowest BCUT2D eigenvalue weighted by atomic mass is 9.89. The minimum atomic E-state index is -0.174. The third-order valence-electron chi connectivity index (χ3n) is 3.32. The van der Waals surface area contributed by atoms with Gasteiger partial charge in [-0.3, -0.25) is 0 Å². The van der Waals surface area contributed by atoms with E-state index >= 15 is 0 Å². The van der Waals surface area contributed by atoms with Gasteiger partial charge in [-0.25, -0.2) is 4.39 Å². The summed E-state index contributed by atoms with van der Waals surface area (Å²) < 4.78 is 18.7. The van der Waals surface area contributed by atoms with Gasteiger partial charge in [0, 0.05) is 18.7 Å². The standard InChI is InChI=1S/C15H23ClFNO/c1-11(2)13(10-18-6-7-19-3)8-12-9-14(16)4-5-15(12)17/h4-5,9,11,13,18H,6-8,10H2,1-3H3. The average molecular weight is 288 g/mol. The van der Waals surface area contributed by atoms with Crippen LogP contribution < -0.4 is 5.32 Å². The van der Waals surface area contributed by atoms with Gasteiger partial charge < -0.3 is 10.1 Å². The molecule has 1 N–H and O–H groups in total. The van der Waals surface area contributed by atoms with E-state index in [4.69, 9.17) is 16.3 Å². The molecule has 1 aromatic rings. The first kappa shape index (κ1) is 16.4. The highest BCUT2D eigenvalue weighted by Crippen LogP contribution is 2.21. The van der Waals surface area contributed by atoms with Crippen molar-refractivity contribution in [3.8, 4) is 0 Å². The number of methoxy groups -OCH3 is 1. The van der Waals surface area contributed by atoms with Gasteiger partial charge in [0.05, 0.1) is 6.61 Å². The third-order valence-corrected chi connectivity index (χ3v) is 3.56. The van der Waals surface area contributed by atoms with E-state index in [0.29, 0.717) is 35.4 Å². The van der Waals surface area contributed by atoms with Crippen LogP contribution in [0.5, 0.6) is 0 Å². The molecule has 1 atom stereocenters. The first-order chi connectivity index (χ1) is 9.04. The van der Waals surface area contributed by atoms with Crippen LogP contribution in [0.25, 0.3) is 0 Å². The summed E-state index contributed by atoms with van der Waals surface area (Å²) in [5.74, 6) is 0.685. The monoisotopic (exact) mass is 287 g/mol. The van der Waals surface area contributed by atoms with Crippen molar-refractivity contribution in [2.45, 2.75) is 20.3 Å². The molecule has 0 spiro atoms. The number of hydrogen-bond donors (Lipinski definition) is 1. The summed E-state index contributed by atoms with van der Waals surface area (Å²) in [5.41, 5.74) is 0.694. The van der Waals surface area contributed by atoms with Gasteiger partial charge in [0.1, 0.15) is 5.82 Å². The SMILES string of the molecule is COCCNCC(Cc1cc(Cl)ccc1F)C(C)C. The molecular weight excluding hydrogens is 265 g/mol. The Bertz CT molecular complexity index is 384. The summed E-state index contributed by atoms with van der Waals surface area (Å²) in [6.07, 6.45) is 0.698. The predicted octanol–water partition coefficient (Wildman–Crippen LogP) is 3.53. The highest BCUT2D eigenvalue weighted by Gasteiger charge is 2.16. The lowest BCUT2D eigenvalue weighted by molar-refractivity contribution is 0.196. The van der Waals surface area contributed by atoms with E-state index in [1.165, 1.54) is 6.07 Å². The second kappa shape index (κ2) is 8.51. The summed E-state index contributed by atoms with van der Waals surface area (Å²) in [5, 5.41) is 3.93. The molecule has 0 heterocycles. The highest BCUT2D eigenvalue weighted by atomic mass is 35.5. The van der Waals surface area contributed by atoms with Crippen molar-refractivity contribution in [3.63, 3.8) is 0 Å². The number of ether oxygens (including phenoxy) is 1. The van der Waals surface area contributed by atoms with Crippen LogP contribution in [-0.2, 0) is 11.2 Å². The molecule has 0 bridgehead atoms. The molecule has 1 unspecified atom stereocenters. The van der Waals surface area contributed by atoms with Gasteiger partial charge in [0.15, 0.2) is 0 Å². The fourth-order valence-electron chi connectivity index (χ4n) is 1.99. The minimum absolute atomic E-state index is 0.174. The van der Waals surface area contributed by atoms with Gasteiger partial charge in [0.2, 0.25) is 0 Å². The molecule has 0 saturated carbocycles. The van der Waals surface area contributed by atoms with E-state index < -0.39 is 0 Å². The van der Waals surface area contributed by atoms with Crippen LogP contribution in [0.3, 0.4) is 0 Å². The van der Waals surface area contributed by atoms with Crippen molar-refractivity contribution in [1.29, 1.82) is 0 Å². The second-order valence-corrected chi connectivity index (χ2v) is 5.58. The molecular formula is C15H23ClFNO. The molecule has 1 rings (SSSR count). The number of rotatable bonds is 8. The largest absolute Gasteiger partial charge is 0.383 e. The normalized spacial score (nSPS) is 12.9. The maximum absolute atomic E-state index is 13.7. The molecule has 0 aliphatic heterocycles. The molecule has 0 radical (unpaired) electrons. The molecule has 2 nitrogen and oxygen atoms in total. The van der Waals surface area contributed by atoms with Gasteiger partial charge in [0.25, 0.3) is 0 Å². The molecule has 0 aliphatic carbocycles. The molecule has 19 heavy (non-hydrogen) atoms. The fourth-order valence-corrected chi connectivity index (χ4v) is 2.18. The number of benzene rings is 1. The second-order valence-electron chi connectivity index (χ2n) is 5.14. The first-order valence-corrected chi connectivity index (χ1v) is 7.06. The van der Waals surface area contributed by atoms with Crippen molar-refractivity contribution in [3.05, 3.63) is 34.6 Å². The molecule has 0 aromatic heterocycles. The fraction of sp³-hybridized carbons (Fsp3) is 0.600. The Kier molecular flexibility index (Phi) is 7.36. The Morgan fingerprint density at radius 3 is 2.74 bits per heavy atom. The topological polar surface area (TPSA) is 21.3 Å². The third kappa shape index (κ3) is 5.89. The predicted molar refractivity (Wildman–Crippen MR) is 78.2 cm³/mol. The van der Waals surface area contributed by atoms with Crippen LogP contribution in [-0.4, -0.2) is 26.8 Å². The molecule has 0 saturated heterocycles. The summed E-state index contributed by atoms with van der Waals surface area (Å²) in [6, 6.07) is 4.75. The quantitative estimate of drug-likeness (QED) is 0.739. The van der Waals surface area contributed by atoms with Crippen molar-refractivity contribution < 1.29 is 9.13 Å². The summed E-state index contributed by atoms with van der Waals surface area (Å²) in [6.45, 7) is 6.68. The van der Waals surface area contributed by atoms with Crippen LogP contribution in [0, 0.1) is 17.7 Å². The lowest BCUT2D eigenvalue weighted by Crippen LogP contribution is -2.30. The van der Waals surface area contributed by atoms with E-state index in [2.05, 4.69) is 19.2 Å². The Morgan fingerprint density at radius 2 is 2.11 bits per heavy atom. The Balaban J connectivity index is 2.59. The molecule has 4 heteroatoms. The van der Waals surface area contributed by atoms with E-state index in [-0.39, 0.29) is 5.82 Å². The van der Waals surface area contributed by atoms with E-state index in [0.717, 1.165) is 13.1 Å². The molecule has 0 amide bonds. The summed E-state index contributed by atoms with van der Waals surface area (Å²) in [4.78, 5) is 0. The van der Waals surface area contributed by atoms with Gasteiger partial charge >= 0.3 is 0 Å². The lowest BCUT2D eigenvalue weighted by Gasteiger charge is -2.22. The Hall–Kier alpha value is -0.640. The molecule has 0 fully saturated rings. The Labute approximate surface area is 120 Å². The van der Waals surface area contributed by atoms with E-state index in [9.17, 15) is 4.39 Å². The molecule has 0 aliphatic rings. The zero-order valence-corrected chi connectivity index (χ0v) is 12.6. The van der Waals surface area contributed by atoms with Gasteiger partial charge in [-0.05, 0) is 48.6 Å². The van der Waals surface area contributed by atoms with Crippen molar-refractivity contribution in [2.24, 2.45) is 11.8 Å². The summed E-state index contributed by atoms with van der Waals surface area (Å²) in [7, 11) is 1.68. The summed E-state index contributed by atoms with van der Waals surface area (Å²) >= 11 is 5.93. The van der Waals surface area contributed by atoms with Crippen molar-refractivity contribution >= 4 is 11.6 Å². The molecule has 108 valence electrons. The number of nitrogens with one attached hydrogen (secondary N) is 1. The Morgan fingerprint density at radius 1 is 1.37 bits per heavy atom. The van der Waals surface area contributed by atoms with Crippen LogP contribution in [0.2, 0.25) is 5.02 Å². The zero-order chi connectivity index (χ0) is 14.3. The highest BCUT2D eigenvalue weighted by molar-refractivity contribution is 6.30. The van der Waals surface area contributed by atoms with Gasteiger partial charge in [-0.15, -0.1) is 0 Å². The maximum atomic E-state index is 13.7. The minimum Gasteiger partial charge on any atom is -0.383 e. The van der Waals surface area contributed by atoms with Crippen molar-refractivity contribution in [1.82, 2.24) is 5.32 Å². The number of hydrogen-bond acceptors (Lipinski definition) is 2.